The van der Waals surface area contributed by atoms with Crippen molar-refractivity contribution >= 4 is 5.91 Å². The molecule has 1 aliphatic carbocycles. The summed E-state index contributed by atoms with van der Waals surface area (Å²) in [6.07, 6.45) is 5.16. The lowest BCUT2D eigenvalue weighted by molar-refractivity contribution is 0.0415. The van der Waals surface area contributed by atoms with E-state index in [1.165, 1.54) is 18.2 Å². The predicted molar refractivity (Wildman–Crippen MR) is 129 cm³/mol. The van der Waals surface area contributed by atoms with E-state index in [9.17, 15) is 18.4 Å². The summed E-state index contributed by atoms with van der Waals surface area (Å²) < 4.78 is 35.8. The first-order chi connectivity index (χ1) is 17.5. The van der Waals surface area contributed by atoms with Gasteiger partial charge in [-0.15, -0.1) is 0 Å². The first-order valence-electron chi connectivity index (χ1n) is 12.4. The second-order valence-corrected chi connectivity index (χ2v) is 9.80. The molecule has 0 radical (unpaired) electrons. The van der Waals surface area contributed by atoms with Crippen LogP contribution in [0.2, 0.25) is 0 Å². The largest absolute Gasteiger partial charge is 0.483 e. The summed E-state index contributed by atoms with van der Waals surface area (Å²) >= 11 is 0. The molecule has 0 spiro atoms. The monoisotopic (exact) mass is 491 g/mol. The van der Waals surface area contributed by atoms with Gasteiger partial charge in [0.25, 0.3) is 5.91 Å². The Hall–Kier alpha value is -3.52. The van der Waals surface area contributed by atoms with Crippen molar-refractivity contribution in [2.45, 2.75) is 63.6 Å². The number of carbonyl (C=O) groups excluding carboxylic acids is 1. The molecule has 2 fully saturated rings. The van der Waals surface area contributed by atoms with Crippen molar-refractivity contribution in [1.82, 2.24) is 14.4 Å². The van der Waals surface area contributed by atoms with Crippen LogP contribution >= 0.6 is 0 Å². The smallest absolute Gasteiger partial charge is 0.276 e. The second-order valence-electron chi connectivity index (χ2n) is 9.80. The van der Waals surface area contributed by atoms with Gasteiger partial charge in [-0.3, -0.25) is 14.5 Å². The Morgan fingerprint density at radius 3 is 2.50 bits per heavy atom. The highest BCUT2D eigenvalue weighted by atomic mass is 19.1. The molecule has 3 aromatic rings. The summed E-state index contributed by atoms with van der Waals surface area (Å²) in [5.41, 5.74) is 1.26. The van der Waals surface area contributed by atoms with Crippen LogP contribution in [0.5, 0.6) is 5.75 Å². The fourth-order valence-corrected chi connectivity index (χ4v) is 6.05. The number of hydrogen-bond acceptors (Lipinski definition) is 4. The molecule has 36 heavy (non-hydrogen) atoms. The van der Waals surface area contributed by atoms with Gasteiger partial charge in [-0.25, -0.2) is 8.78 Å². The van der Waals surface area contributed by atoms with E-state index >= 15 is 0 Å². The average Bonchev–Trinajstić information content (AvgIpc) is 3.19. The molecule has 2 aromatic carbocycles. The van der Waals surface area contributed by atoms with Crippen molar-refractivity contribution in [3.8, 4) is 5.75 Å². The highest BCUT2D eigenvalue weighted by Crippen LogP contribution is 2.41. The molecule has 1 saturated heterocycles. The van der Waals surface area contributed by atoms with Gasteiger partial charge in [-0.1, -0.05) is 49.2 Å². The molecule has 3 aliphatic rings. The normalized spacial score (nSPS) is 23.2. The van der Waals surface area contributed by atoms with Crippen LogP contribution in [0.1, 0.15) is 47.3 Å². The number of carbonyl (C=O) groups is 1. The van der Waals surface area contributed by atoms with Crippen LogP contribution in [-0.4, -0.2) is 38.5 Å². The molecule has 1 saturated carbocycles. The van der Waals surface area contributed by atoms with Gasteiger partial charge in [0.15, 0.2) is 11.4 Å². The van der Waals surface area contributed by atoms with Gasteiger partial charge in [0, 0.05) is 42.5 Å². The molecule has 0 N–H and O–H groups in total. The molecule has 186 valence electrons. The Balaban J connectivity index is 1.36. The van der Waals surface area contributed by atoms with E-state index in [0.29, 0.717) is 12.1 Å². The minimum absolute atomic E-state index is 0.0224. The van der Waals surface area contributed by atoms with Crippen LogP contribution in [0.3, 0.4) is 0 Å². The lowest BCUT2D eigenvalue weighted by Gasteiger charge is -2.38. The standard InChI is InChI=1S/C28H27F2N3O3/c29-20-11-10-19(21(30)14-20)15-32-22-8-4-5-9-23(22)33-25(32)16-31-13-12-24(34)27(26(31)28(33)35)36-17-18-6-2-1-3-7-18/h1-3,6-7,10-14,22-23,25H,4-5,8-9,15-17H2/t22-,23-,25+/m0/s1. The van der Waals surface area contributed by atoms with Crippen molar-refractivity contribution in [2.75, 3.05) is 0 Å². The van der Waals surface area contributed by atoms with E-state index in [0.717, 1.165) is 37.3 Å². The number of pyridine rings is 1. The average molecular weight is 492 g/mol. The van der Waals surface area contributed by atoms with Crippen molar-refractivity contribution in [2.24, 2.45) is 0 Å². The van der Waals surface area contributed by atoms with Gasteiger partial charge in [-0.05, 0) is 24.5 Å². The SMILES string of the molecule is O=C1c2c(OCc3ccccc3)c(=O)ccn2C[C@@H]2N(Cc3ccc(F)cc3F)[C@H]3CCCC[C@@H]3N12. The number of halogens is 2. The highest BCUT2D eigenvalue weighted by molar-refractivity contribution is 5.96. The molecule has 1 aromatic heterocycles. The first kappa shape index (κ1) is 22.9. The summed E-state index contributed by atoms with van der Waals surface area (Å²) in [6, 6.07) is 14.7. The lowest BCUT2D eigenvalue weighted by Crippen LogP contribution is -2.52. The van der Waals surface area contributed by atoms with Crippen LogP contribution in [0.4, 0.5) is 8.78 Å². The maximum atomic E-state index is 14.6. The van der Waals surface area contributed by atoms with Crippen LogP contribution in [0, 0.1) is 11.6 Å². The van der Waals surface area contributed by atoms with Gasteiger partial charge in [0.1, 0.15) is 24.4 Å². The minimum Gasteiger partial charge on any atom is -0.483 e. The molecule has 0 unspecified atom stereocenters. The van der Waals surface area contributed by atoms with Crippen LogP contribution in [-0.2, 0) is 19.7 Å². The summed E-state index contributed by atoms with van der Waals surface area (Å²) in [4.78, 5) is 30.9. The van der Waals surface area contributed by atoms with Gasteiger partial charge in [0.05, 0.1) is 6.54 Å². The zero-order valence-electron chi connectivity index (χ0n) is 19.8. The number of ether oxygens (including phenoxy) is 1. The van der Waals surface area contributed by atoms with Gasteiger partial charge >= 0.3 is 0 Å². The summed E-state index contributed by atoms with van der Waals surface area (Å²) in [7, 11) is 0. The number of amides is 1. The maximum absolute atomic E-state index is 14.6. The molecule has 6 nitrogen and oxygen atoms in total. The van der Waals surface area contributed by atoms with Crippen molar-refractivity contribution < 1.29 is 18.3 Å². The Bertz CT molecular complexity index is 1360. The predicted octanol–water partition coefficient (Wildman–Crippen LogP) is 4.31. The number of rotatable bonds is 5. The topological polar surface area (TPSA) is 54.8 Å². The van der Waals surface area contributed by atoms with Gasteiger partial charge in [0.2, 0.25) is 5.43 Å². The molecule has 1 amide bonds. The Labute approximate surface area is 207 Å². The fraction of sp³-hybridized carbons (Fsp3) is 0.357. The lowest BCUT2D eigenvalue weighted by atomic mass is 9.90. The first-order valence-corrected chi connectivity index (χ1v) is 12.4. The zero-order valence-corrected chi connectivity index (χ0v) is 19.8. The van der Waals surface area contributed by atoms with Crippen LogP contribution < -0.4 is 10.2 Å². The molecular formula is C28H27F2N3O3. The van der Waals surface area contributed by atoms with E-state index in [1.54, 1.807) is 10.8 Å². The van der Waals surface area contributed by atoms with Crippen molar-refractivity contribution in [3.05, 3.63) is 99.5 Å². The van der Waals surface area contributed by atoms with Crippen molar-refractivity contribution in [1.29, 1.82) is 0 Å². The molecule has 3 heterocycles. The number of fused-ring (bicyclic) bond motifs is 4. The van der Waals surface area contributed by atoms with Gasteiger partial charge in [-0.2, -0.15) is 0 Å². The molecular weight excluding hydrogens is 464 g/mol. The highest BCUT2D eigenvalue weighted by Gasteiger charge is 2.52. The number of nitrogens with zero attached hydrogens (tertiary/aromatic N) is 3. The molecule has 8 heteroatoms. The summed E-state index contributed by atoms with van der Waals surface area (Å²) in [5.74, 6) is -1.35. The molecule has 0 bridgehead atoms. The molecule has 3 atom stereocenters. The fourth-order valence-electron chi connectivity index (χ4n) is 6.05. The maximum Gasteiger partial charge on any atom is 0.276 e. The molecule has 6 rings (SSSR count). The van der Waals surface area contributed by atoms with E-state index in [2.05, 4.69) is 4.90 Å². The summed E-state index contributed by atoms with van der Waals surface area (Å²) in [6.45, 7) is 0.916. The third-order valence-corrected chi connectivity index (χ3v) is 7.70. The number of benzene rings is 2. The van der Waals surface area contributed by atoms with E-state index in [4.69, 9.17) is 4.74 Å². The number of aromatic nitrogens is 1. The number of hydrogen-bond donors (Lipinski definition) is 0. The molecule has 2 aliphatic heterocycles. The minimum atomic E-state index is -0.608. The van der Waals surface area contributed by atoms with E-state index in [1.807, 2.05) is 35.2 Å². The third-order valence-electron chi connectivity index (χ3n) is 7.70. The van der Waals surface area contributed by atoms with Gasteiger partial charge < -0.3 is 14.2 Å². The quantitative estimate of drug-likeness (QED) is 0.534. The van der Waals surface area contributed by atoms with Crippen molar-refractivity contribution in [3.63, 3.8) is 0 Å². The Morgan fingerprint density at radius 1 is 0.944 bits per heavy atom. The Morgan fingerprint density at radius 2 is 1.72 bits per heavy atom. The second kappa shape index (κ2) is 9.17. The summed E-state index contributed by atoms with van der Waals surface area (Å²) in [5, 5.41) is 0. The van der Waals surface area contributed by atoms with Crippen LogP contribution in [0.15, 0.2) is 65.6 Å². The third kappa shape index (κ3) is 3.89. The van der Waals surface area contributed by atoms with E-state index in [-0.39, 0.29) is 54.2 Å². The van der Waals surface area contributed by atoms with Crippen LogP contribution in [0.25, 0.3) is 0 Å². The Kier molecular flexibility index (Phi) is 5.84. The zero-order chi connectivity index (χ0) is 24.8. The van der Waals surface area contributed by atoms with E-state index < -0.39 is 11.6 Å².